The van der Waals surface area contributed by atoms with E-state index in [2.05, 4.69) is 24.3 Å². The highest BCUT2D eigenvalue weighted by Crippen LogP contribution is 2.24. The number of hydrogen-bond acceptors (Lipinski definition) is 2. The number of phenolic OH excluding ortho intramolecular Hbond substituents is 1. The molecule has 0 spiro atoms. The van der Waals surface area contributed by atoms with Gasteiger partial charge < -0.3 is 9.84 Å². The van der Waals surface area contributed by atoms with E-state index in [4.69, 9.17) is 4.74 Å². The van der Waals surface area contributed by atoms with Gasteiger partial charge in [-0.1, -0.05) is 42.5 Å². The molecule has 0 saturated carbocycles. The summed E-state index contributed by atoms with van der Waals surface area (Å²) in [6.45, 7) is 0.659. The summed E-state index contributed by atoms with van der Waals surface area (Å²) >= 11 is 0. The number of aryl methyl sites for hydroxylation is 1. The van der Waals surface area contributed by atoms with Crippen LogP contribution in [0.3, 0.4) is 0 Å². The van der Waals surface area contributed by atoms with Gasteiger partial charge in [0.15, 0.2) is 11.5 Å². The number of para-hydroxylation sites is 2. The maximum Gasteiger partial charge on any atom is 0.160 e. The van der Waals surface area contributed by atoms with Crippen LogP contribution in [0.4, 0.5) is 0 Å². The molecular formula is C17H20O2. The first-order valence-corrected chi connectivity index (χ1v) is 6.81. The van der Waals surface area contributed by atoms with Crippen LogP contribution in [0, 0.1) is 0 Å². The summed E-state index contributed by atoms with van der Waals surface area (Å²) in [7, 11) is 0. The highest BCUT2D eigenvalue weighted by atomic mass is 16.5. The molecule has 2 aromatic rings. The van der Waals surface area contributed by atoms with E-state index in [9.17, 15) is 5.11 Å². The van der Waals surface area contributed by atoms with Crippen molar-refractivity contribution in [2.45, 2.75) is 25.7 Å². The first kappa shape index (κ1) is 13.5. The maximum absolute atomic E-state index is 9.54. The second kappa shape index (κ2) is 7.47. The van der Waals surface area contributed by atoms with E-state index in [0.717, 1.165) is 19.3 Å². The molecular weight excluding hydrogens is 236 g/mol. The lowest BCUT2D eigenvalue weighted by Gasteiger charge is -2.07. The van der Waals surface area contributed by atoms with Crippen LogP contribution >= 0.6 is 0 Å². The Balaban J connectivity index is 1.59. The summed E-state index contributed by atoms with van der Waals surface area (Å²) in [5.41, 5.74) is 1.39. The summed E-state index contributed by atoms with van der Waals surface area (Å²) in [5.74, 6) is 0.789. The van der Waals surface area contributed by atoms with E-state index >= 15 is 0 Å². The van der Waals surface area contributed by atoms with Gasteiger partial charge in [-0.25, -0.2) is 0 Å². The van der Waals surface area contributed by atoms with Crippen LogP contribution < -0.4 is 4.74 Å². The molecule has 0 amide bonds. The molecule has 0 atom stereocenters. The van der Waals surface area contributed by atoms with E-state index in [1.54, 1.807) is 18.2 Å². The standard InChI is InChI=1S/C17H20O2/c18-16-12-6-7-13-17(16)19-14-8-2-5-11-15-9-3-1-4-10-15/h1,3-4,6-7,9-10,12-13,18H,2,5,8,11,14H2. The molecule has 0 radical (unpaired) electrons. The van der Waals surface area contributed by atoms with Gasteiger partial charge in [0, 0.05) is 0 Å². The molecule has 0 aliphatic heterocycles. The van der Waals surface area contributed by atoms with Crippen molar-refractivity contribution < 1.29 is 9.84 Å². The molecule has 0 saturated heterocycles. The molecule has 19 heavy (non-hydrogen) atoms. The van der Waals surface area contributed by atoms with Gasteiger partial charge >= 0.3 is 0 Å². The van der Waals surface area contributed by atoms with E-state index in [-0.39, 0.29) is 5.75 Å². The number of ether oxygens (including phenoxy) is 1. The Morgan fingerprint density at radius 2 is 1.53 bits per heavy atom. The number of phenols is 1. The summed E-state index contributed by atoms with van der Waals surface area (Å²) in [5, 5.41) is 9.54. The first-order chi connectivity index (χ1) is 9.36. The molecule has 100 valence electrons. The summed E-state index contributed by atoms with van der Waals surface area (Å²) < 4.78 is 5.54. The minimum Gasteiger partial charge on any atom is -0.504 e. The van der Waals surface area contributed by atoms with Gasteiger partial charge in [0.05, 0.1) is 6.61 Å². The van der Waals surface area contributed by atoms with E-state index in [1.807, 2.05) is 12.1 Å². The van der Waals surface area contributed by atoms with Crippen molar-refractivity contribution in [2.75, 3.05) is 6.61 Å². The molecule has 0 heterocycles. The van der Waals surface area contributed by atoms with E-state index in [1.165, 1.54) is 12.0 Å². The van der Waals surface area contributed by atoms with Gasteiger partial charge in [-0.05, 0) is 43.4 Å². The first-order valence-electron chi connectivity index (χ1n) is 6.81. The van der Waals surface area contributed by atoms with Gasteiger partial charge in [-0.2, -0.15) is 0 Å². The second-order valence-corrected chi connectivity index (χ2v) is 4.61. The minimum absolute atomic E-state index is 0.215. The van der Waals surface area contributed by atoms with Gasteiger partial charge in [0.1, 0.15) is 0 Å². The Bertz CT molecular complexity index is 480. The molecule has 0 fully saturated rings. The van der Waals surface area contributed by atoms with Crippen molar-refractivity contribution in [3.8, 4) is 11.5 Å². The fourth-order valence-corrected chi connectivity index (χ4v) is 2.01. The summed E-state index contributed by atoms with van der Waals surface area (Å²) in [6.07, 6.45) is 4.45. The number of hydrogen-bond donors (Lipinski definition) is 1. The quantitative estimate of drug-likeness (QED) is 0.753. The molecule has 2 aromatic carbocycles. The highest BCUT2D eigenvalue weighted by molar-refractivity contribution is 5.37. The lowest BCUT2D eigenvalue weighted by molar-refractivity contribution is 0.289. The van der Waals surface area contributed by atoms with Crippen molar-refractivity contribution in [1.29, 1.82) is 0 Å². The largest absolute Gasteiger partial charge is 0.504 e. The van der Waals surface area contributed by atoms with Crippen LogP contribution in [0.2, 0.25) is 0 Å². The molecule has 0 aliphatic rings. The molecule has 1 N–H and O–H groups in total. The van der Waals surface area contributed by atoms with Crippen molar-refractivity contribution in [2.24, 2.45) is 0 Å². The Hall–Kier alpha value is -1.96. The van der Waals surface area contributed by atoms with Crippen LogP contribution in [-0.2, 0) is 6.42 Å². The lowest BCUT2D eigenvalue weighted by Crippen LogP contribution is -1.97. The van der Waals surface area contributed by atoms with Gasteiger partial charge in [-0.15, -0.1) is 0 Å². The highest BCUT2D eigenvalue weighted by Gasteiger charge is 1.99. The molecule has 2 rings (SSSR count). The fraction of sp³-hybridized carbons (Fsp3) is 0.294. The zero-order valence-electron chi connectivity index (χ0n) is 11.1. The predicted octanol–water partition coefficient (Wildman–Crippen LogP) is 4.18. The maximum atomic E-state index is 9.54. The number of aromatic hydroxyl groups is 1. The average molecular weight is 256 g/mol. The van der Waals surface area contributed by atoms with Crippen molar-refractivity contribution in [1.82, 2.24) is 0 Å². The number of benzene rings is 2. The summed E-state index contributed by atoms with van der Waals surface area (Å²) in [6, 6.07) is 17.6. The topological polar surface area (TPSA) is 29.5 Å². The Kier molecular flexibility index (Phi) is 5.30. The zero-order valence-corrected chi connectivity index (χ0v) is 11.1. The second-order valence-electron chi connectivity index (χ2n) is 4.61. The third kappa shape index (κ3) is 4.66. The van der Waals surface area contributed by atoms with Crippen molar-refractivity contribution in [3.63, 3.8) is 0 Å². The van der Waals surface area contributed by atoms with Crippen LogP contribution in [0.25, 0.3) is 0 Å². The Morgan fingerprint density at radius 3 is 2.32 bits per heavy atom. The molecule has 0 bridgehead atoms. The average Bonchev–Trinajstić information content (AvgIpc) is 2.45. The normalized spacial score (nSPS) is 10.3. The van der Waals surface area contributed by atoms with Gasteiger partial charge in [0.2, 0.25) is 0 Å². The van der Waals surface area contributed by atoms with Crippen molar-refractivity contribution in [3.05, 3.63) is 60.2 Å². The smallest absolute Gasteiger partial charge is 0.160 e. The zero-order chi connectivity index (χ0) is 13.3. The Labute approximate surface area is 114 Å². The summed E-state index contributed by atoms with van der Waals surface area (Å²) in [4.78, 5) is 0. The minimum atomic E-state index is 0.215. The van der Waals surface area contributed by atoms with E-state index < -0.39 is 0 Å². The van der Waals surface area contributed by atoms with Crippen LogP contribution in [0.5, 0.6) is 11.5 Å². The fourth-order valence-electron chi connectivity index (χ4n) is 2.01. The van der Waals surface area contributed by atoms with E-state index in [0.29, 0.717) is 12.4 Å². The van der Waals surface area contributed by atoms with Crippen molar-refractivity contribution >= 4 is 0 Å². The number of rotatable bonds is 7. The SMILES string of the molecule is Oc1ccccc1OCCCCCc1ccccc1. The molecule has 0 unspecified atom stereocenters. The monoisotopic (exact) mass is 256 g/mol. The van der Waals surface area contributed by atoms with Gasteiger partial charge in [0.25, 0.3) is 0 Å². The molecule has 2 heteroatoms. The van der Waals surface area contributed by atoms with Crippen LogP contribution in [0.1, 0.15) is 24.8 Å². The Morgan fingerprint density at radius 1 is 0.789 bits per heavy atom. The van der Waals surface area contributed by atoms with Crippen LogP contribution in [-0.4, -0.2) is 11.7 Å². The molecule has 0 aromatic heterocycles. The molecule has 2 nitrogen and oxygen atoms in total. The van der Waals surface area contributed by atoms with Crippen LogP contribution in [0.15, 0.2) is 54.6 Å². The van der Waals surface area contributed by atoms with Gasteiger partial charge in [-0.3, -0.25) is 0 Å². The number of unbranched alkanes of at least 4 members (excludes halogenated alkanes) is 2. The third-order valence-corrected chi connectivity index (χ3v) is 3.08. The predicted molar refractivity (Wildman–Crippen MR) is 77.6 cm³/mol. The third-order valence-electron chi connectivity index (χ3n) is 3.08. The molecule has 0 aliphatic carbocycles. The lowest BCUT2D eigenvalue weighted by atomic mass is 10.1.